The number of aliphatic hydroxyl groups is 1. The lowest BCUT2D eigenvalue weighted by Gasteiger charge is -2.18. The quantitative estimate of drug-likeness (QED) is 0.804. The monoisotopic (exact) mass is 268 g/mol. The van der Waals surface area contributed by atoms with Crippen molar-refractivity contribution in [1.29, 1.82) is 0 Å². The van der Waals surface area contributed by atoms with E-state index in [1.807, 2.05) is 0 Å². The number of anilines is 1. The van der Waals surface area contributed by atoms with Crippen molar-refractivity contribution in [1.82, 2.24) is 4.90 Å². The molecule has 0 bridgehead atoms. The van der Waals surface area contributed by atoms with Gasteiger partial charge in [-0.3, -0.25) is 4.79 Å². The molecule has 5 heteroatoms. The lowest BCUT2D eigenvalue weighted by molar-refractivity contribution is 0.0762. The summed E-state index contributed by atoms with van der Waals surface area (Å²) in [5.74, 6) is 0.0317. The zero-order valence-corrected chi connectivity index (χ0v) is 11.0. The molecule has 0 radical (unpaired) electrons. The molecule has 0 aromatic heterocycles. The van der Waals surface area contributed by atoms with Crippen LogP contribution in [0.15, 0.2) is 18.2 Å². The molecule has 1 heterocycles. The summed E-state index contributed by atoms with van der Waals surface area (Å²) in [6.45, 7) is 2.98. The second-order valence-corrected chi connectivity index (χ2v) is 5.19. The number of carbonyl (C=O) groups is 1. The topological polar surface area (TPSA) is 66.6 Å². The van der Waals surface area contributed by atoms with Gasteiger partial charge in [0.15, 0.2) is 0 Å². The Kier molecular flexibility index (Phi) is 3.78. The average molecular weight is 269 g/mol. The Balaban J connectivity index is 2.15. The van der Waals surface area contributed by atoms with Crippen LogP contribution in [0.1, 0.15) is 23.7 Å². The highest BCUT2D eigenvalue weighted by Gasteiger charge is 2.30. The summed E-state index contributed by atoms with van der Waals surface area (Å²) in [6, 6.07) is 4.90. The summed E-state index contributed by atoms with van der Waals surface area (Å²) in [5, 5.41) is 9.95. The van der Waals surface area contributed by atoms with Gasteiger partial charge in [0.25, 0.3) is 5.91 Å². The van der Waals surface area contributed by atoms with Crippen molar-refractivity contribution in [3.63, 3.8) is 0 Å². The minimum absolute atomic E-state index is 0.115. The van der Waals surface area contributed by atoms with Gasteiger partial charge in [-0.2, -0.15) is 0 Å². The molecular weight excluding hydrogens is 252 g/mol. The van der Waals surface area contributed by atoms with Gasteiger partial charge in [-0.25, -0.2) is 0 Å². The van der Waals surface area contributed by atoms with E-state index in [2.05, 4.69) is 0 Å². The van der Waals surface area contributed by atoms with Crippen molar-refractivity contribution >= 4 is 23.2 Å². The summed E-state index contributed by atoms with van der Waals surface area (Å²) < 4.78 is 0. The maximum atomic E-state index is 12.3. The lowest BCUT2D eigenvalue weighted by Crippen LogP contribution is -2.30. The van der Waals surface area contributed by atoms with Crippen molar-refractivity contribution < 1.29 is 9.90 Å². The van der Waals surface area contributed by atoms with E-state index in [1.54, 1.807) is 30.0 Å². The molecule has 2 rings (SSSR count). The van der Waals surface area contributed by atoms with Gasteiger partial charge >= 0.3 is 0 Å². The number of carbonyl (C=O) groups excluding carboxylic acids is 1. The van der Waals surface area contributed by atoms with Gasteiger partial charge in [-0.1, -0.05) is 11.6 Å². The summed E-state index contributed by atoms with van der Waals surface area (Å²) in [7, 11) is 0. The predicted molar refractivity (Wildman–Crippen MR) is 71.6 cm³/mol. The Hall–Kier alpha value is -1.26. The summed E-state index contributed by atoms with van der Waals surface area (Å²) in [5.41, 5.74) is 6.63. The number of nitrogens with zero attached hydrogens (tertiary/aromatic N) is 1. The number of benzene rings is 1. The van der Waals surface area contributed by atoms with Crippen molar-refractivity contribution in [2.24, 2.45) is 5.92 Å². The van der Waals surface area contributed by atoms with E-state index in [0.717, 1.165) is 6.42 Å². The van der Waals surface area contributed by atoms with Gasteiger partial charge in [-0.05, 0) is 31.5 Å². The predicted octanol–water partition coefficient (Wildman–Crippen LogP) is 1.77. The molecule has 18 heavy (non-hydrogen) atoms. The average Bonchev–Trinajstić information content (AvgIpc) is 2.81. The van der Waals surface area contributed by atoms with E-state index in [1.165, 1.54) is 0 Å². The number of amides is 1. The highest BCUT2D eigenvalue weighted by Crippen LogP contribution is 2.25. The minimum atomic E-state index is -0.390. The molecule has 0 spiro atoms. The van der Waals surface area contributed by atoms with E-state index in [-0.39, 0.29) is 17.9 Å². The summed E-state index contributed by atoms with van der Waals surface area (Å²) in [4.78, 5) is 14.0. The van der Waals surface area contributed by atoms with E-state index >= 15 is 0 Å². The largest absolute Gasteiger partial charge is 0.399 e. The molecule has 1 aromatic rings. The molecule has 1 fully saturated rings. The number of rotatable bonds is 2. The van der Waals surface area contributed by atoms with Gasteiger partial charge in [0.1, 0.15) is 0 Å². The van der Waals surface area contributed by atoms with Crippen LogP contribution in [0.4, 0.5) is 5.69 Å². The van der Waals surface area contributed by atoms with Crippen LogP contribution in [0.25, 0.3) is 0 Å². The smallest absolute Gasteiger partial charge is 0.255 e. The molecule has 1 aliphatic rings. The number of hydrogen-bond donors (Lipinski definition) is 2. The van der Waals surface area contributed by atoms with Crippen LogP contribution in [-0.2, 0) is 0 Å². The van der Waals surface area contributed by atoms with Crippen LogP contribution in [0.5, 0.6) is 0 Å². The molecule has 1 aromatic carbocycles. The van der Waals surface area contributed by atoms with Crippen molar-refractivity contribution in [2.75, 3.05) is 18.8 Å². The third kappa shape index (κ3) is 2.60. The second kappa shape index (κ2) is 5.16. The first kappa shape index (κ1) is 13.2. The zero-order valence-electron chi connectivity index (χ0n) is 10.3. The van der Waals surface area contributed by atoms with Crippen LogP contribution in [0.2, 0.25) is 5.02 Å². The number of aliphatic hydroxyl groups excluding tert-OH is 1. The highest BCUT2D eigenvalue weighted by atomic mass is 35.5. The van der Waals surface area contributed by atoms with Crippen LogP contribution < -0.4 is 5.73 Å². The van der Waals surface area contributed by atoms with E-state index in [9.17, 15) is 9.90 Å². The maximum Gasteiger partial charge on any atom is 0.255 e. The van der Waals surface area contributed by atoms with E-state index in [4.69, 9.17) is 17.3 Å². The Labute approximate surface area is 111 Å². The van der Waals surface area contributed by atoms with Gasteiger partial charge in [0, 0.05) is 24.7 Å². The number of nitrogen functional groups attached to an aromatic ring is 1. The fourth-order valence-corrected chi connectivity index (χ4v) is 2.44. The van der Waals surface area contributed by atoms with Crippen molar-refractivity contribution in [2.45, 2.75) is 19.4 Å². The standard InChI is InChI=1S/C13H17ClN2O2/c1-8(17)9-4-5-16(7-9)13(18)11-6-10(15)2-3-12(11)14/h2-3,6,8-9,17H,4-5,7,15H2,1H3. The maximum absolute atomic E-state index is 12.3. The molecule has 4 nitrogen and oxygen atoms in total. The lowest BCUT2D eigenvalue weighted by atomic mass is 10.0. The third-order valence-electron chi connectivity index (χ3n) is 3.41. The van der Waals surface area contributed by atoms with Crippen molar-refractivity contribution in [3.8, 4) is 0 Å². The van der Waals surface area contributed by atoms with Crippen LogP contribution in [0.3, 0.4) is 0 Å². The molecule has 1 amide bonds. The molecule has 1 aliphatic heterocycles. The molecule has 2 atom stereocenters. The Morgan fingerprint density at radius 2 is 2.33 bits per heavy atom. The Morgan fingerprint density at radius 1 is 1.61 bits per heavy atom. The molecule has 1 saturated heterocycles. The summed E-state index contributed by atoms with van der Waals surface area (Å²) >= 11 is 6.02. The van der Waals surface area contributed by atoms with E-state index < -0.39 is 0 Å². The van der Waals surface area contributed by atoms with Gasteiger partial charge in [-0.15, -0.1) is 0 Å². The number of halogens is 1. The molecule has 0 saturated carbocycles. The fraction of sp³-hybridized carbons (Fsp3) is 0.462. The fourth-order valence-electron chi connectivity index (χ4n) is 2.24. The van der Waals surface area contributed by atoms with E-state index in [0.29, 0.717) is 29.4 Å². The highest BCUT2D eigenvalue weighted by molar-refractivity contribution is 6.34. The molecule has 0 aliphatic carbocycles. The first-order chi connectivity index (χ1) is 8.49. The third-order valence-corrected chi connectivity index (χ3v) is 3.74. The molecular formula is C13H17ClN2O2. The van der Waals surface area contributed by atoms with Crippen molar-refractivity contribution in [3.05, 3.63) is 28.8 Å². The number of nitrogens with two attached hydrogens (primary N) is 1. The van der Waals surface area contributed by atoms with Gasteiger partial charge in [0.2, 0.25) is 0 Å². The normalized spacial score (nSPS) is 21.1. The second-order valence-electron chi connectivity index (χ2n) is 4.78. The number of likely N-dealkylation sites (tertiary alicyclic amines) is 1. The molecule has 98 valence electrons. The van der Waals surface area contributed by atoms with Crippen LogP contribution in [-0.4, -0.2) is 35.1 Å². The minimum Gasteiger partial charge on any atom is -0.399 e. The Morgan fingerprint density at radius 3 is 2.94 bits per heavy atom. The SMILES string of the molecule is CC(O)C1CCN(C(=O)c2cc(N)ccc2Cl)C1. The first-order valence-corrected chi connectivity index (χ1v) is 6.39. The van der Waals surface area contributed by atoms with Crippen LogP contribution in [0, 0.1) is 5.92 Å². The van der Waals surface area contributed by atoms with Crippen LogP contribution >= 0.6 is 11.6 Å². The molecule has 3 N–H and O–H groups in total. The zero-order chi connectivity index (χ0) is 13.3. The van der Waals surface area contributed by atoms with Gasteiger partial charge < -0.3 is 15.7 Å². The molecule has 2 unspecified atom stereocenters. The summed E-state index contributed by atoms with van der Waals surface area (Å²) in [6.07, 6.45) is 0.433. The van der Waals surface area contributed by atoms with Gasteiger partial charge in [0.05, 0.1) is 16.7 Å². The Bertz CT molecular complexity index is 462. The first-order valence-electron chi connectivity index (χ1n) is 6.01. The number of hydrogen-bond acceptors (Lipinski definition) is 3.